The summed E-state index contributed by atoms with van der Waals surface area (Å²) in [5, 5.41) is 0.272. The Morgan fingerprint density at radius 2 is 1.06 bits per heavy atom. The van der Waals surface area contributed by atoms with Crippen LogP contribution in [0.3, 0.4) is 0 Å². The maximum Gasteiger partial charge on any atom is 0.214 e. The number of benzene rings is 1. The Morgan fingerprint density at radius 1 is 0.636 bits per heavy atom. The fourth-order valence-corrected chi connectivity index (χ4v) is 5.41. The van der Waals surface area contributed by atoms with E-state index in [1.54, 1.807) is 20.8 Å². The van der Waals surface area contributed by atoms with Crippen molar-refractivity contribution in [1.29, 1.82) is 0 Å². The van der Waals surface area contributed by atoms with E-state index in [1.165, 1.54) is 40.8 Å². The topological polar surface area (TPSA) is 51.2 Å². The van der Waals surface area contributed by atoms with Crippen LogP contribution in [0.1, 0.15) is 45.6 Å². The fourth-order valence-electron chi connectivity index (χ4n) is 2.04. The van der Waals surface area contributed by atoms with Gasteiger partial charge in [0.15, 0.2) is 0 Å². The third kappa shape index (κ3) is 18.9. The Morgan fingerprint density at radius 3 is 1.48 bits per heavy atom. The molecule has 0 heterocycles. The normalized spacial score (nSPS) is 10.0. The molecule has 0 fully saturated rings. The molecule has 0 spiro atoms. The zero-order valence-electron chi connectivity index (χ0n) is 20.0. The Kier molecular flexibility index (Phi) is 19.5. The van der Waals surface area contributed by atoms with Gasteiger partial charge in [-0.15, -0.1) is 0 Å². The number of unbranched alkanes of at least 4 members (excludes halogenated alkanes) is 2. The zero-order chi connectivity index (χ0) is 25.1. The molecule has 0 N–H and O–H groups in total. The summed E-state index contributed by atoms with van der Waals surface area (Å²) in [5.41, 5.74) is 3.19. The molecular formula is C26H36O3S4. The van der Waals surface area contributed by atoms with E-state index in [9.17, 15) is 14.4 Å². The highest BCUT2D eigenvalue weighted by Gasteiger charge is 2.04. The van der Waals surface area contributed by atoms with Crippen molar-refractivity contribution < 1.29 is 14.4 Å². The lowest BCUT2D eigenvalue weighted by Gasteiger charge is -2.01. The molecule has 33 heavy (non-hydrogen) atoms. The standard InChI is InChI=1S/C13H20O2S2.C13H16OS2/c1-10(2)12(14)16-8-6-5-7-9-17-13(15)11(3)4;1-11(2)13(14)16-9-8-15-10-12-6-4-3-5-7-12/h1,3,5-9H2,2,4H3;3-7H,1,8-10H2,2H3. The molecule has 0 unspecified atom stereocenters. The van der Waals surface area contributed by atoms with E-state index in [0.29, 0.717) is 16.7 Å². The molecule has 0 radical (unpaired) electrons. The Balaban J connectivity index is 0.000000621. The van der Waals surface area contributed by atoms with Crippen molar-refractivity contribution in [2.24, 2.45) is 0 Å². The first-order chi connectivity index (χ1) is 15.6. The minimum absolute atomic E-state index is 0.0804. The molecule has 0 saturated heterocycles. The molecule has 0 aliphatic carbocycles. The average molecular weight is 525 g/mol. The number of hydrogen-bond acceptors (Lipinski definition) is 7. The van der Waals surface area contributed by atoms with Crippen LogP contribution < -0.4 is 0 Å². The predicted molar refractivity (Wildman–Crippen MR) is 153 cm³/mol. The van der Waals surface area contributed by atoms with Crippen molar-refractivity contribution in [3.8, 4) is 0 Å². The van der Waals surface area contributed by atoms with Crippen LogP contribution in [0.2, 0.25) is 0 Å². The van der Waals surface area contributed by atoms with E-state index in [0.717, 1.165) is 48.0 Å². The van der Waals surface area contributed by atoms with E-state index in [1.807, 2.05) is 17.8 Å². The highest BCUT2D eigenvalue weighted by molar-refractivity contribution is 8.15. The Hall–Kier alpha value is -1.15. The van der Waals surface area contributed by atoms with Gasteiger partial charge in [-0.25, -0.2) is 0 Å². The average Bonchev–Trinajstić information content (AvgIpc) is 2.78. The van der Waals surface area contributed by atoms with Crippen LogP contribution in [0.15, 0.2) is 66.8 Å². The van der Waals surface area contributed by atoms with Crippen molar-refractivity contribution >= 4 is 62.4 Å². The van der Waals surface area contributed by atoms with E-state index in [4.69, 9.17) is 0 Å². The van der Waals surface area contributed by atoms with Gasteiger partial charge in [0.2, 0.25) is 15.3 Å². The number of rotatable bonds is 14. The van der Waals surface area contributed by atoms with E-state index in [2.05, 4.69) is 44.0 Å². The predicted octanol–water partition coefficient (Wildman–Crippen LogP) is 7.58. The molecule has 3 nitrogen and oxygen atoms in total. The summed E-state index contributed by atoms with van der Waals surface area (Å²) in [7, 11) is 0. The first kappa shape index (κ1) is 31.9. The molecule has 0 bridgehead atoms. The molecule has 0 aromatic heterocycles. The lowest BCUT2D eigenvalue weighted by atomic mass is 10.2. The summed E-state index contributed by atoms with van der Waals surface area (Å²) in [4.78, 5) is 33.6. The summed E-state index contributed by atoms with van der Waals surface area (Å²) in [6.45, 7) is 16.0. The van der Waals surface area contributed by atoms with Gasteiger partial charge < -0.3 is 0 Å². The lowest BCUT2D eigenvalue weighted by molar-refractivity contribution is -0.108. The number of thioether (sulfide) groups is 4. The fraction of sp³-hybridized carbons (Fsp3) is 0.423. The van der Waals surface area contributed by atoms with Crippen LogP contribution in [0.5, 0.6) is 0 Å². The molecule has 0 saturated carbocycles. The summed E-state index contributed by atoms with van der Waals surface area (Å²) in [6.07, 6.45) is 3.06. The number of hydrogen-bond donors (Lipinski definition) is 0. The van der Waals surface area contributed by atoms with E-state index >= 15 is 0 Å². The third-order valence-electron chi connectivity index (χ3n) is 3.87. The highest BCUT2D eigenvalue weighted by Crippen LogP contribution is 2.16. The van der Waals surface area contributed by atoms with E-state index < -0.39 is 0 Å². The molecule has 1 rings (SSSR count). The minimum atomic E-state index is 0.0804. The molecule has 0 aliphatic heterocycles. The van der Waals surface area contributed by atoms with Crippen molar-refractivity contribution in [3.05, 3.63) is 72.4 Å². The van der Waals surface area contributed by atoms with Gasteiger partial charge in [-0.3, -0.25) is 14.4 Å². The van der Waals surface area contributed by atoms with Crippen LogP contribution in [0.25, 0.3) is 0 Å². The Labute approximate surface area is 217 Å². The van der Waals surface area contributed by atoms with Gasteiger partial charge in [0.25, 0.3) is 0 Å². The van der Waals surface area contributed by atoms with Crippen LogP contribution >= 0.6 is 47.0 Å². The summed E-state index contributed by atoms with van der Waals surface area (Å²) >= 11 is 5.87. The first-order valence-corrected chi connectivity index (χ1v) is 14.9. The maximum atomic E-state index is 11.2. The molecule has 0 aliphatic rings. The third-order valence-corrected chi connectivity index (χ3v) is 8.39. The van der Waals surface area contributed by atoms with Crippen LogP contribution in [-0.4, -0.2) is 38.4 Å². The van der Waals surface area contributed by atoms with Crippen LogP contribution in [0, 0.1) is 0 Å². The quantitative estimate of drug-likeness (QED) is 0.184. The molecule has 0 amide bonds. The maximum absolute atomic E-state index is 11.2. The van der Waals surface area contributed by atoms with Gasteiger partial charge >= 0.3 is 0 Å². The van der Waals surface area contributed by atoms with Gasteiger partial charge in [0.05, 0.1) is 0 Å². The SMILES string of the molecule is C=C(C)C(=O)SCCCCCSC(=O)C(=C)C.C=C(C)C(=O)SCCSCc1ccccc1. The van der Waals surface area contributed by atoms with Crippen molar-refractivity contribution in [1.82, 2.24) is 0 Å². The van der Waals surface area contributed by atoms with Crippen LogP contribution in [0.4, 0.5) is 0 Å². The second kappa shape index (κ2) is 20.2. The smallest absolute Gasteiger partial charge is 0.214 e. The molecule has 1 aromatic rings. The molecular weight excluding hydrogens is 489 g/mol. The summed E-state index contributed by atoms with van der Waals surface area (Å²) in [6, 6.07) is 10.4. The molecule has 1 aromatic carbocycles. The summed E-state index contributed by atoms with van der Waals surface area (Å²) < 4.78 is 0. The molecule has 7 heteroatoms. The number of carbonyl (C=O) groups is 3. The zero-order valence-corrected chi connectivity index (χ0v) is 23.3. The first-order valence-electron chi connectivity index (χ1n) is 10.7. The van der Waals surface area contributed by atoms with Gasteiger partial charge in [-0.2, -0.15) is 11.8 Å². The van der Waals surface area contributed by atoms with Gasteiger partial charge in [0.1, 0.15) is 0 Å². The minimum Gasteiger partial charge on any atom is -0.282 e. The second-order valence-corrected chi connectivity index (χ2v) is 11.7. The monoisotopic (exact) mass is 524 g/mol. The summed E-state index contributed by atoms with van der Waals surface area (Å²) in [5.74, 6) is 4.56. The second-order valence-electron chi connectivity index (χ2n) is 7.35. The lowest BCUT2D eigenvalue weighted by Crippen LogP contribution is -1.95. The van der Waals surface area contributed by atoms with Crippen molar-refractivity contribution in [3.63, 3.8) is 0 Å². The van der Waals surface area contributed by atoms with Gasteiger partial charge in [0, 0.05) is 28.8 Å². The van der Waals surface area contributed by atoms with Gasteiger partial charge in [-0.05, 0) is 55.9 Å². The van der Waals surface area contributed by atoms with Crippen molar-refractivity contribution in [2.75, 3.05) is 23.0 Å². The molecule has 0 atom stereocenters. The Bertz CT molecular complexity index is 758. The number of carbonyl (C=O) groups excluding carboxylic acids is 3. The van der Waals surface area contributed by atoms with E-state index in [-0.39, 0.29) is 15.3 Å². The largest absolute Gasteiger partial charge is 0.282 e. The van der Waals surface area contributed by atoms with Crippen LogP contribution in [-0.2, 0) is 20.1 Å². The van der Waals surface area contributed by atoms with Gasteiger partial charge in [-0.1, -0.05) is 91.8 Å². The molecule has 182 valence electrons. The van der Waals surface area contributed by atoms with Crippen molar-refractivity contribution in [2.45, 2.75) is 45.8 Å². The highest BCUT2D eigenvalue weighted by atomic mass is 32.2.